The molecule has 0 radical (unpaired) electrons. The Bertz CT molecular complexity index is 1380. The zero-order chi connectivity index (χ0) is 24.8. The minimum atomic E-state index is -0.0381. The molecule has 4 heterocycles. The molecule has 0 unspecified atom stereocenters. The van der Waals surface area contributed by atoms with Crippen LogP contribution in [0.15, 0.2) is 73.1 Å². The number of rotatable bonds is 2. The standard InChI is InChI=1S/C14H12N2O.C9H9NO.C5H5NO/c1-9-4-2-6-12-13(9)11(14(17)16-12)8-10-5-3-7-15-10;1-6-3-2-4-8-7(6)5-9(11)10-8;7-4-5-2-1-3-6-5/h2-8,15H,1H3,(H,16,17);2-4H,5H2,1H3,(H,10,11);1-4,6H/b11-8-;;. The van der Waals surface area contributed by atoms with Crippen LogP contribution >= 0.6 is 0 Å². The molecule has 0 saturated heterocycles. The first-order chi connectivity index (χ1) is 17.0. The molecule has 4 aromatic rings. The van der Waals surface area contributed by atoms with Gasteiger partial charge in [-0.05, 0) is 73.0 Å². The van der Waals surface area contributed by atoms with Crippen LogP contribution in [0, 0.1) is 13.8 Å². The fourth-order valence-electron chi connectivity index (χ4n) is 3.99. The largest absolute Gasteiger partial charge is 0.362 e. The van der Waals surface area contributed by atoms with Gasteiger partial charge in [0, 0.05) is 35.0 Å². The average Bonchev–Trinajstić information content (AvgIpc) is 3.63. The van der Waals surface area contributed by atoms with Gasteiger partial charge in [0.1, 0.15) is 0 Å². The summed E-state index contributed by atoms with van der Waals surface area (Å²) in [6, 6.07) is 19.2. The lowest BCUT2D eigenvalue weighted by Gasteiger charge is -2.02. The van der Waals surface area contributed by atoms with Crippen LogP contribution in [0.1, 0.15) is 38.4 Å². The minimum Gasteiger partial charge on any atom is -0.362 e. The van der Waals surface area contributed by atoms with E-state index >= 15 is 0 Å². The number of nitrogens with one attached hydrogen (secondary N) is 4. The predicted octanol–water partition coefficient (Wildman–Crippen LogP) is 5.13. The second-order valence-corrected chi connectivity index (χ2v) is 8.20. The van der Waals surface area contributed by atoms with Gasteiger partial charge in [-0.1, -0.05) is 24.3 Å². The van der Waals surface area contributed by atoms with Crippen molar-refractivity contribution in [2.45, 2.75) is 20.3 Å². The Morgan fingerprint density at radius 1 is 0.743 bits per heavy atom. The van der Waals surface area contributed by atoms with Crippen molar-refractivity contribution >= 4 is 41.1 Å². The summed E-state index contributed by atoms with van der Waals surface area (Å²) in [5.74, 6) is 0.0678. The maximum absolute atomic E-state index is 11.9. The molecule has 0 aliphatic carbocycles. The van der Waals surface area contributed by atoms with E-state index < -0.39 is 0 Å². The SMILES string of the molecule is Cc1cccc2c1/C(=C/c1ccc[nH]1)C(=O)N2.Cc1cccc2c1CC(=O)N2.O=Cc1ccc[nH]1. The second-order valence-electron chi connectivity index (χ2n) is 8.20. The maximum Gasteiger partial charge on any atom is 0.256 e. The Hall–Kier alpha value is -4.65. The molecule has 176 valence electrons. The first-order valence-electron chi connectivity index (χ1n) is 11.2. The number of aromatic amines is 2. The Kier molecular flexibility index (Phi) is 7.07. The highest BCUT2D eigenvalue weighted by Gasteiger charge is 2.25. The highest BCUT2D eigenvalue weighted by atomic mass is 16.2. The highest BCUT2D eigenvalue weighted by molar-refractivity contribution is 6.35. The number of fused-ring (bicyclic) bond motifs is 2. The van der Waals surface area contributed by atoms with Gasteiger partial charge in [-0.3, -0.25) is 14.4 Å². The topological polar surface area (TPSA) is 107 Å². The second kappa shape index (κ2) is 10.5. The van der Waals surface area contributed by atoms with Crippen LogP contribution in [0.3, 0.4) is 0 Å². The summed E-state index contributed by atoms with van der Waals surface area (Å²) in [5.41, 5.74) is 8.62. The molecule has 0 fully saturated rings. The van der Waals surface area contributed by atoms with Crippen LogP contribution in [-0.4, -0.2) is 28.1 Å². The van der Waals surface area contributed by atoms with Crippen molar-refractivity contribution in [3.63, 3.8) is 0 Å². The van der Waals surface area contributed by atoms with Crippen LogP contribution in [0.25, 0.3) is 11.6 Å². The Balaban J connectivity index is 0.000000137. The number of hydrogen-bond acceptors (Lipinski definition) is 3. The van der Waals surface area contributed by atoms with E-state index in [0.29, 0.717) is 12.1 Å². The first-order valence-corrected chi connectivity index (χ1v) is 11.2. The molecule has 4 N–H and O–H groups in total. The van der Waals surface area contributed by atoms with E-state index in [9.17, 15) is 14.4 Å². The van der Waals surface area contributed by atoms with Crippen LogP contribution < -0.4 is 10.6 Å². The minimum absolute atomic E-state index is 0.0381. The van der Waals surface area contributed by atoms with Crippen molar-refractivity contribution in [3.05, 3.63) is 107 Å². The molecule has 7 nitrogen and oxygen atoms in total. The van der Waals surface area contributed by atoms with E-state index in [0.717, 1.165) is 45.6 Å². The lowest BCUT2D eigenvalue weighted by Crippen LogP contribution is -2.03. The Morgan fingerprint density at radius 2 is 1.40 bits per heavy atom. The zero-order valence-electron chi connectivity index (χ0n) is 19.5. The summed E-state index contributed by atoms with van der Waals surface area (Å²) in [7, 11) is 0. The number of amides is 2. The van der Waals surface area contributed by atoms with E-state index in [1.807, 2.05) is 74.7 Å². The summed E-state index contributed by atoms with van der Waals surface area (Å²) in [6.45, 7) is 4.04. The van der Waals surface area contributed by atoms with Crippen LogP contribution in [0.4, 0.5) is 11.4 Å². The van der Waals surface area contributed by atoms with Gasteiger partial charge < -0.3 is 20.6 Å². The van der Waals surface area contributed by atoms with Crippen molar-refractivity contribution in [3.8, 4) is 0 Å². The molecule has 2 aliphatic heterocycles. The Labute approximate surface area is 203 Å². The van der Waals surface area contributed by atoms with E-state index in [-0.39, 0.29) is 11.8 Å². The quantitative estimate of drug-likeness (QED) is 0.243. The van der Waals surface area contributed by atoms with Gasteiger partial charge in [0.05, 0.1) is 17.7 Å². The number of aldehydes is 1. The fraction of sp³-hybridized carbons (Fsp3) is 0.107. The number of carbonyl (C=O) groups is 3. The molecular weight excluding hydrogens is 440 g/mol. The lowest BCUT2D eigenvalue weighted by molar-refractivity contribution is -0.115. The number of anilines is 2. The van der Waals surface area contributed by atoms with E-state index in [4.69, 9.17) is 0 Å². The zero-order valence-corrected chi connectivity index (χ0v) is 19.5. The molecule has 2 aromatic heterocycles. The lowest BCUT2D eigenvalue weighted by atomic mass is 10.0. The van der Waals surface area contributed by atoms with Gasteiger partial charge >= 0.3 is 0 Å². The van der Waals surface area contributed by atoms with Crippen molar-refractivity contribution in [2.24, 2.45) is 0 Å². The molecule has 6 rings (SSSR count). The maximum atomic E-state index is 11.9. The Morgan fingerprint density at radius 3 is 2.00 bits per heavy atom. The monoisotopic (exact) mass is 466 g/mol. The fourth-order valence-corrected chi connectivity index (χ4v) is 3.99. The molecule has 2 aliphatic rings. The molecule has 0 atom stereocenters. The number of aromatic nitrogens is 2. The predicted molar refractivity (Wildman–Crippen MR) is 138 cm³/mol. The molecule has 2 aromatic carbocycles. The van der Waals surface area contributed by atoms with Gasteiger partial charge in [-0.25, -0.2) is 0 Å². The van der Waals surface area contributed by atoms with Crippen LogP contribution in [-0.2, 0) is 16.0 Å². The third-order valence-corrected chi connectivity index (χ3v) is 5.73. The van der Waals surface area contributed by atoms with E-state index in [2.05, 4.69) is 20.6 Å². The average molecular weight is 467 g/mol. The molecule has 0 spiro atoms. The van der Waals surface area contributed by atoms with Gasteiger partial charge in [0.2, 0.25) is 5.91 Å². The summed E-state index contributed by atoms with van der Waals surface area (Å²) >= 11 is 0. The summed E-state index contributed by atoms with van der Waals surface area (Å²) < 4.78 is 0. The van der Waals surface area contributed by atoms with Crippen LogP contribution in [0.2, 0.25) is 0 Å². The van der Waals surface area contributed by atoms with Crippen molar-refractivity contribution in [1.82, 2.24) is 9.97 Å². The highest BCUT2D eigenvalue weighted by Crippen LogP contribution is 2.35. The van der Waals surface area contributed by atoms with Crippen LogP contribution in [0.5, 0.6) is 0 Å². The molecule has 0 saturated carbocycles. The molecule has 35 heavy (non-hydrogen) atoms. The third-order valence-electron chi connectivity index (χ3n) is 5.73. The normalized spacial score (nSPS) is 14.1. The number of carbonyl (C=O) groups excluding carboxylic acids is 3. The summed E-state index contributed by atoms with van der Waals surface area (Å²) in [4.78, 5) is 38.5. The van der Waals surface area contributed by atoms with Gasteiger partial charge in [0.15, 0.2) is 6.29 Å². The summed E-state index contributed by atoms with van der Waals surface area (Å²) in [5, 5.41) is 5.68. The number of H-pyrrole nitrogens is 2. The molecule has 7 heteroatoms. The summed E-state index contributed by atoms with van der Waals surface area (Å²) in [6.07, 6.45) is 6.76. The molecule has 0 bridgehead atoms. The van der Waals surface area contributed by atoms with E-state index in [1.165, 1.54) is 5.56 Å². The smallest absolute Gasteiger partial charge is 0.256 e. The third kappa shape index (κ3) is 5.47. The molecular formula is C28H26N4O3. The first kappa shape index (κ1) is 23.5. The number of hydrogen-bond donors (Lipinski definition) is 4. The van der Waals surface area contributed by atoms with Gasteiger partial charge in [-0.2, -0.15) is 0 Å². The van der Waals surface area contributed by atoms with Gasteiger partial charge in [0.25, 0.3) is 5.91 Å². The van der Waals surface area contributed by atoms with Gasteiger partial charge in [-0.15, -0.1) is 0 Å². The van der Waals surface area contributed by atoms with Crippen molar-refractivity contribution in [2.75, 3.05) is 10.6 Å². The van der Waals surface area contributed by atoms with Crippen molar-refractivity contribution in [1.29, 1.82) is 0 Å². The molecule has 2 amide bonds. The van der Waals surface area contributed by atoms with Crippen molar-refractivity contribution < 1.29 is 14.4 Å². The number of aryl methyl sites for hydroxylation is 2. The number of benzene rings is 2. The van der Waals surface area contributed by atoms with E-state index in [1.54, 1.807) is 18.3 Å².